The van der Waals surface area contributed by atoms with Gasteiger partial charge >= 0.3 is 0 Å². The summed E-state index contributed by atoms with van der Waals surface area (Å²) in [5.74, 6) is 1.07. The number of nitrogens with zero attached hydrogens (tertiary/aromatic N) is 5. The fraction of sp³-hybridized carbons (Fsp3) is 0.750. The molecule has 3 heterocycles. The van der Waals surface area contributed by atoms with Gasteiger partial charge in [-0.3, -0.25) is 0 Å². The molecule has 1 unspecified atom stereocenters. The van der Waals surface area contributed by atoms with Crippen LogP contribution in [0.4, 0.5) is 5.82 Å². The molecule has 2 aliphatic rings. The largest absolute Gasteiger partial charge is 0.363 e. The maximum absolute atomic E-state index is 12.9. The number of anilines is 1. The third kappa shape index (κ3) is 4.46. The highest BCUT2D eigenvalue weighted by atomic mass is 32.2. The topological polar surface area (TPSA) is 81.7 Å². The first-order valence-electron chi connectivity index (χ1n) is 8.91. The molecule has 2 fully saturated rings. The van der Waals surface area contributed by atoms with Crippen LogP contribution in [0, 0.1) is 5.92 Å². The Bertz CT molecular complexity index is 675. The summed E-state index contributed by atoms with van der Waals surface area (Å²) in [5.41, 5.74) is 0.950. The summed E-state index contributed by atoms with van der Waals surface area (Å²) in [6.45, 7) is 3.85. The van der Waals surface area contributed by atoms with Crippen LogP contribution in [0.15, 0.2) is 12.4 Å². The number of hydrogen-bond acceptors (Lipinski definition) is 6. The number of nitrogens with one attached hydrogen (secondary N) is 1. The van der Waals surface area contributed by atoms with Crippen LogP contribution in [0.1, 0.15) is 18.5 Å². The molecule has 0 aromatic carbocycles. The Morgan fingerprint density at radius 1 is 1.20 bits per heavy atom. The van der Waals surface area contributed by atoms with Crippen LogP contribution in [0.3, 0.4) is 0 Å². The monoisotopic (exact) mass is 368 g/mol. The van der Waals surface area contributed by atoms with E-state index in [2.05, 4.69) is 15.3 Å². The number of hydrogen-bond donors (Lipinski definition) is 1. The van der Waals surface area contributed by atoms with Crippen molar-refractivity contribution in [2.45, 2.75) is 19.3 Å². The minimum atomic E-state index is -3.35. The molecule has 1 N–H and O–H groups in total. The van der Waals surface area contributed by atoms with E-state index in [1.165, 1.54) is 0 Å². The predicted molar refractivity (Wildman–Crippen MR) is 97.7 cm³/mol. The lowest BCUT2D eigenvalue weighted by atomic mass is 10.0. The van der Waals surface area contributed by atoms with E-state index in [1.807, 2.05) is 25.1 Å². The first-order chi connectivity index (χ1) is 12.0. The molecule has 0 radical (unpaired) electrons. The lowest BCUT2D eigenvalue weighted by molar-refractivity contribution is 0.338. The van der Waals surface area contributed by atoms with Crippen LogP contribution >= 0.6 is 0 Å². The molecule has 0 bridgehead atoms. The van der Waals surface area contributed by atoms with Crippen molar-refractivity contribution in [2.24, 2.45) is 5.92 Å². The molecule has 0 amide bonds. The third-order valence-corrected chi connectivity index (χ3v) is 6.82. The van der Waals surface area contributed by atoms with Crippen molar-refractivity contribution in [1.82, 2.24) is 23.9 Å². The van der Waals surface area contributed by atoms with Gasteiger partial charge in [-0.05, 0) is 31.7 Å². The first kappa shape index (κ1) is 18.5. The summed E-state index contributed by atoms with van der Waals surface area (Å²) in [5, 5.41) is 3.37. The number of aromatic nitrogens is 2. The van der Waals surface area contributed by atoms with Gasteiger partial charge in [-0.1, -0.05) is 0 Å². The third-order valence-electron chi connectivity index (χ3n) is 4.82. The van der Waals surface area contributed by atoms with E-state index in [0.29, 0.717) is 32.7 Å². The van der Waals surface area contributed by atoms with Crippen molar-refractivity contribution in [1.29, 1.82) is 0 Å². The average molecular weight is 369 g/mol. The van der Waals surface area contributed by atoms with Crippen molar-refractivity contribution < 1.29 is 8.42 Å². The van der Waals surface area contributed by atoms with E-state index in [0.717, 1.165) is 37.3 Å². The van der Waals surface area contributed by atoms with Gasteiger partial charge in [0.05, 0.1) is 0 Å². The van der Waals surface area contributed by atoms with Crippen LogP contribution in [-0.4, -0.2) is 80.4 Å². The summed E-state index contributed by atoms with van der Waals surface area (Å²) in [4.78, 5) is 10.6. The van der Waals surface area contributed by atoms with Crippen molar-refractivity contribution in [3.05, 3.63) is 18.1 Å². The molecular formula is C16H28N6O2S. The molecule has 25 heavy (non-hydrogen) atoms. The Morgan fingerprint density at radius 2 is 1.96 bits per heavy atom. The molecule has 1 aromatic rings. The molecule has 1 atom stereocenters. The molecule has 0 aliphatic carbocycles. The summed E-state index contributed by atoms with van der Waals surface area (Å²) in [6.07, 6.45) is 4.24. The summed E-state index contributed by atoms with van der Waals surface area (Å²) in [6, 6.07) is 1.98. The summed E-state index contributed by atoms with van der Waals surface area (Å²) >= 11 is 0. The van der Waals surface area contributed by atoms with Crippen LogP contribution in [-0.2, 0) is 16.6 Å². The average Bonchev–Trinajstić information content (AvgIpc) is 3.03. The fourth-order valence-electron chi connectivity index (χ4n) is 3.42. The van der Waals surface area contributed by atoms with Crippen molar-refractivity contribution in [2.75, 3.05) is 58.3 Å². The van der Waals surface area contributed by atoms with Crippen LogP contribution in [0.2, 0.25) is 0 Å². The quantitative estimate of drug-likeness (QED) is 0.785. The zero-order valence-corrected chi connectivity index (χ0v) is 15.9. The molecule has 1 aromatic heterocycles. The minimum absolute atomic E-state index is 0.199. The smallest absolute Gasteiger partial charge is 0.282 e. The number of rotatable bonds is 5. The molecule has 9 heteroatoms. The second-order valence-electron chi connectivity index (χ2n) is 7.01. The second-order valence-corrected chi connectivity index (χ2v) is 8.94. The fourth-order valence-corrected chi connectivity index (χ4v) is 5.19. The van der Waals surface area contributed by atoms with Gasteiger partial charge in [0, 0.05) is 58.6 Å². The molecule has 8 nitrogen and oxygen atoms in total. The Labute approximate surface area is 150 Å². The minimum Gasteiger partial charge on any atom is -0.363 e. The molecule has 0 saturated carbocycles. The van der Waals surface area contributed by atoms with Gasteiger partial charge in [-0.25, -0.2) is 9.97 Å². The highest BCUT2D eigenvalue weighted by Crippen LogP contribution is 2.20. The highest BCUT2D eigenvalue weighted by molar-refractivity contribution is 7.86. The van der Waals surface area contributed by atoms with Gasteiger partial charge in [0.1, 0.15) is 12.1 Å². The lowest BCUT2D eigenvalue weighted by Crippen LogP contribution is -2.45. The lowest BCUT2D eigenvalue weighted by Gasteiger charge is -2.28. The summed E-state index contributed by atoms with van der Waals surface area (Å²) in [7, 11) is 0.550. The van der Waals surface area contributed by atoms with Crippen molar-refractivity contribution in [3.8, 4) is 0 Å². The van der Waals surface area contributed by atoms with E-state index < -0.39 is 10.2 Å². The standard InChI is InChI=1S/C16H28N6O2S/c1-20(2)16-10-15(18-13-19-16)9-14-11-17-5-8-22(12-14)25(23,24)21-6-3-4-7-21/h10,13-14,17H,3-9,11-12H2,1-2H3. The Morgan fingerprint density at radius 3 is 2.68 bits per heavy atom. The zero-order valence-electron chi connectivity index (χ0n) is 15.1. The van der Waals surface area contributed by atoms with Gasteiger partial charge in [0.15, 0.2) is 0 Å². The highest BCUT2D eigenvalue weighted by Gasteiger charge is 2.34. The summed E-state index contributed by atoms with van der Waals surface area (Å²) < 4.78 is 29.0. The molecule has 2 saturated heterocycles. The van der Waals surface area contributed by atoms with Crippen LogP contribution in [0.25, 0.3) is 0 Å². The maximum Gasteiger partial charge on any atom is 0.282 e. The van der Waals surface area contributed by atoms with Gasteiger partial charge in [-0.2, -0.15) is 17.0 Å². The molecule has 2 aliphatic heterocycles. The first-order valence-corrected chi connectivity index (χ1v) is 10.3. The van der Waals surface area contributed by atoms with Gasteiger partial charge in [-0.15, -0.1) is 0 Å². The van der Waals surface area contributed by atoms with Crippen LogP contribution in [0.5, 0.6) is 0 Å². The zero-order chi connectivity index (χ0) is 17.9. The van der Waals surface area contributed by atoms with Gasteiger partial charge in [0.2, 0.25) is 0 Å². The Balaban J connectivity index is 1.70. The second kappa shape index (κ2) is 7.94. The van der Waals surface area contributed by atoms with Gasteiger partial charge < -0.3 is 10.2 Å². The Kier molecular flexibility index (Phi) is 5.88. The SMILES string of the molecule is CN(C)c1cc(CC2CNCCN(S(=O)(=O)N3CCCC3)C2)ncn1. The van der Waals surface area contributed by atoms with E-state index in [-0.39, 0.29) is 5.92 Å². The Hall–Kier alpha value is -1.29. The van der Waals surface area contributed by atoms with Crippen molar-refractivity contribution in [3.63, 3.8) is 0 Å². The molecule has 0 spiro atoms. The predicted octanol–water partition coefficient (Wildman–Crippen LogP) is -0.0529. The van der Waals surface area contributed by atoms with Crippen LogP contribution < -0.4 is 10.2 Å². The van der Waals surface area contributed by atoms with E-state index in [1.54, 1.807) is 14.9 Å². The molecule has 3 rings (SSSR count). The van der Waals surface area contributed by atoms with Gasteiger partial charge in [0.25, 0.3) is 10.2 Å². The molecular weight excluding hydrogens is 340 g/mol. The van der Waals surface area contributed by atoms with Crippen molar-refractivity contribution >= 4 is 16.0 Å². The van der Waals surface area contributed by atoms with E-state index >= 15 is 0 Å². The normalized spacial score (nSPS) is 23.5. The maximum atomic E-state index is 12.9. The van der Waals surface area contributed by atoms with E-state index in [4.69, 9.17) is 0 Å². The van der Waals surface area contributed by atoms with E-state index in [9.17, 15) is 8.42 Å². The molecule has 140 valence electrons.